The van der Waals surface area contributed by atoms with Crippen molar-refractivity contribution in [2.24, 2.45) is 0 Å². The first-order valence-corrected chi connectivity index (χ1v) is 8.75. The van der Waals surface area contributed by atoms with Crippen molar-refractivity contribution in [2.75, 3.05) is 18.0 Å². The summed E-state index contributed by atoms with van der Waals surface area (Å²) in [7, 11) is 0. The van der Waals surface area contributed by atoms with Gasteiger partial charge in [0.15, 0.2) is 0 Å². The maximum Gasteiger partial charge on any atom is 0.143 e. The molecule has 0 atom stereocenters. The van der Waals surface area contributed by atoms with E-state index in [9.17, 15) is 0 Å². The summed E-state index contributed by atoms with van der Waals surface area (Å²) < 4.78 is 2.31. The number of piperidine rings is 1. The van der Waals surface area contributed by atoms with Gasteiger partial charge in [-0.3, -0.25) is 0 Å². The maximum absolute atomic E-state index is 4.70. The Hall–Kier alpha value is -2.44. The second kappa shape index (κ2) is 5.29. The van der Waals surface area contributed by atoms with E-state index in [2.05, 4.69) is 35.7 Å². The van der Waals surface area contributed by atoms with Crippen molar-refractivity contribution in [1.29, 1.82) is 0 Å². The van der Waals surface area contributed by atoms with Gasteiger partial charge in [0.05, 0.1) is 5.39 Å². The lowest BCUT2D eigenvalue weighted by atomic mass is 9.95. The molecule has 3 aromatic heterocycles. The fourth-order valence-corrected chi connectivity index (χ4v) is 3.80. The van der Waals surface area contributed by atoms with Crippen LogP contribution in [0.15, 0.2) is 18.6 Å². The van der Waals surface area contributed by atoms with Gasteiger partial charge < -0.3 is 14.5 Å². The number of aromatic amines is 1. The molecule has 24 heavy (non-hydrogen) atoms. The number of nitrogens with one attached hydrogen (secondary N) is 1. The van der Waals surface area contributed by atoms with Crippen LogP contribution in [0.2, 0.25) is 0 Å². The monoisotopic (exact) mass is 323 g/mol. The van der Waals surface area contributed by atoms with E-state index in [1.165, 1.54) is 18.7 Å². The highest BCUT2D eigenvalue weighted by Crippen LogP contribution is 2.39. The van der Waals surface area contributed by atoms with E-state index in [4.69, 9.17) is 4.98 Å². The summed E-state index contributed by atoms with van der Waals surface area (Å²) in [5.74, 6) is 3.56. The van der Waals surface area contributed by atoms with Crippen LogP contribution in [0.4, 0.5) is 5.82 Å². The minimum atomic E-state index is 0.508. The van der Waals surface area contributed by atoms with Crippen LogP contribution in [0.5, 0.6) is 0 Å². The molecule has 7 heteroatoms. The minimum Gasteiger partial charge on any atom is -0.356 e. The summed E-state index contributed by atoms with van der Waals surface area (Å²) in [5, 5.41) is 9.69. The predicted octanol–water partition coefficient (Wildman–Crippen LogP) is 2.58. The summed E-state index contributed by atoms with van der Waals surface area (Å²) in [5.41, 5.74) is 0.924. The van der Waals surface area contributed by atoms with Gasteiger partial charge in [-0.05, 0) is 38.7 Å². The van der Waals surface area contributed by atoms with E-state index in [0.29, 0.717) is 12.0 Å². The Bertz CT molecular complexity index is 868. The fourth-order valence-electron chi connectivity index (χ4n) is 3.80. The Kier molecular flexibility index (Phi) is 3.08. The molecule has 3 aromatic rings. The number of aromatic nitrogens is 6. The topological polar surface area (TPSA) is 75.5 Å². The van der Waals surface area contributed by atoms with Crippen LogP contribution in [0.3, 0.4) is 0 Å². The number of hydrogen-bond donors (Lipinski definition) is 1. The first-order chi connectivity index (χ1) is 11.8. The first-order valence-electron chi connectivity index (χ1n) is 8.75. The third-order valence-electron chi connectivity index (χ3n) is 5.21. The predicted molar refractivity (Wildman–Crippen MR) is 91.1 cm³/mol. The molecule has 0 radical (unpaired) electrons. The van der Waals surface area contributed by atoms with Gasteiger partial charge in [-0.1, -0.05) is 0 Å². The quantitative estimate of drug-likeness (QED) is 0.802. The van der Waals surface area contributed by atoms with Crippen LogP contribution < -0.4 is 4.90 Å². The zero-order chi connectivity index (χ0) is 16.1. The van der Waals surface area contributed by atoms with Crippen molar-refractivity contribution < 1.29 is 0 Å². The highest BCUT2D eigenvalue weighted by molar-refractivity contribution is 5.87. The summed E-state index contributed by atoms with van der Waals surface area (Å²) in [6.07, 6.45) is 8.59. The van der Waals surface area contributed by atoms with Gasteiger partial charge in [0.2, 0.25) is 0 Å². The summed E-state index contributed by atoms with van der Waals surface area (Å²) in [6.45, 7) is 3.95. The van der Waals surface area contributed by atoms with Gasteiger partial charge in [0.1, 0.15) is 29.4 Å². The lowest BCUT2D eigenvalue weighted by Crippen LogP contribution is -2.34. The SMILES string of the molecule is Cc1nc(N2CCC(c3nncn3C3CC3)CC2)c2cc[nH]c2n1. The lowest BCUT2D eigenvalue weighted by molar-refractivity contribution is 0.464. The Morgan fingerprint density at radius 1 is 1.12 bits per heavy atom. The van der Waals surface area contributed by atoms with Crippen molar-refractivity contribution >= 4 is 16.9 Å². The van der Waals surface area contributed by atoms with Crippen molar-refractivity contribution in [3.8, 4) is 0 Å². The summed E-state index contributed by atoms with van der Waals surface area (Å²) in [6, 6.07) is 2.72. The molecular formula is C17H21N7. The number of H-pyrrole nitrogens is 1. The molecule has 124 valence electrons. The van der Waals surface area contributed by atoms with Crippen LogP contribution in [0, 0.1) is 6.92 Å². The second-order valence-corrected chi connectivity index (χ2v) is 6.92. The molecule has 0 unspecified atom stereocenters. The van der Waals surface area contributed by atoms with Gasteiger partial charge in [0.25, 0.3) is 0 Å². The molecule has 0 amide bonds. The Morgan fingerprint density at radius 2 is 1.96 bits per heavy atom. The minimum absolute atomic E-state index is 0.508. The number of anilines is 1. The van der Waals surface area contributed by atoms with Crippen LogP contribution in [0.25, 0.3) is 11.0 Å². The molecule has 0 bridgehead atoms. The summed E-state index contributed by atoms with van der Waals surface area (Å²) >= 11 is 0. The maximum atomic E-state index is 4.70. The van der Waals surface area contributed by atoms with Gasteiger partial charge in [-0.2, -0.15) is 0 Å². The second-order valence-electron chi connectivity index (χ2n) is 6.92. The summed E-state index contributed by atoms with van der Waals surface area (Å²) in [4.78, 5) is 14.8. The lowest BCUT2D eigenvalue weighted by Gasteiger charge is -2.32. The van der Waals surface area contributed by atoms with E-state index < -0.39 is 0 Å². The third-order valence-corrected chi connectivity index (χ3v) is 5.21. The van der Waals surface area contributed by atoms with E-state index in [0.717, 1.165) is 48.6 Å². The standard InChI is InChI=1S/C17H21N7/c1-11-20-15-14(4-7-18-15)17(21-11)23-8-5-12(6-9-23)16-22-19-10-24(16)13-2-3-13/h4,7,10,12-13H,2-3,5-6,8-9H2,1H3,(H,18,20,21). The highest BCUT2D eigenvalue weighted by atomic mass is 15.3. The molecule has 0 spiro atoms. The van der Waals surface area contributed by atoms with E-state index in [1.54, 1.807) is 0 Å². The van der Waals surface area contributed by atoms with Crippen molar-refractivity contribution in [1.82, 2.24) is 29.7 Å². The van der Waals surface area contributed by atoms with Crippen LogP contribution in [0.1, 0.15) is 49.3 Å². The average Bonchev–Trinajstić information content (AvgIpc) is 3.14. The van der Waals surface area contributed by atoms with Crippen molar-refractivity contribution in [3.63, 3.8) is 0 Å². The van der Waals surface area contributed by atoms with Crippen LogP contribution >= 0.6 is 0 Å². The normalized spacial score (nSPS) is 19.3. The molecule has 1 aliphatic heterocycles. The molecule has 7 nitrogen and oxygen atoms in total. The molecule has 1 saturated carbocycles. The van der Waals surface area contributed by atoms with Gasteiger partial charge in [-0.25, -0.2) is 9.97 Å². The molecule has 5 rings (SSSR count). The number of nitrogens with zero attached hydrogens (tertiary/aromatic N) is 6. The third kappa shape index (κ3) is 2.26. The number of aryl methyl sites for hydroxylation is 1. The molecule has 1 saturated heterocycles. The fraction of sp³-hybridized carbons (Fsp3) is 0.529. The van der Waals surface area contributed by atoms with Gasteiger partial charge in [-0.15, -0.1) is 10.2 Å². The van der Waals surface area contributed by atoms with Crippen LogP contribution in [-0.4, -0.2) is 42.8 Å². The molecule has 1 aliphatic carbocycles. The molecule has 0 aromatic carbocycles. The largest absolute Gasteiger partial charge is 0.356 e. The average molecular weight is 323 g/mol. The Balaban J connectivity index is 1.38. The Labute approximate surface area is 140 Å². The number of hydrogen-bond acceptors (Lipinski definition) is 5. The van der Waals surface area contributed by atoms with Gasteiger partial charge >= 0.3 is 0 Å². The molecular weight excluding hydrogens is 302 g/mol. The zero-order valence-electron chi connectivity index (χ0n) is 13.8. The highest BCUT2D eigenvalue weighted by Gasteiger charge is 2.31. The van der Waals surface area contributed by atoms with E-state index >= 15 is 0 Å². The number of rotatable bonds is 3. The number of fused-ring (bicyclic) bond motifs is 1. The zero-order valence-corrected chi connectivity index (χ0v) is 13.8. The Morgan fingerprint density at radius 3 is 2.75 bits per heavy atom. The first kappa shape index (κ1) is 13.9. The van der Waals surface area contributed by atoms with Gasteiger partial charge in [0, 0.05) is 31.2 Å². The van der Waals surface area contributed by atoms with E-state index in [1.807, 2.05) is 19.4 Å². The smallest absolute Gasteiger partial charge is 0.143 e. The van der Waals surface area contributed by atoms with Crippen molar-refractivity contribution in [3.05, 3.63) is 30.2 Å². The molecule has 2 fully saturated rings. The van der Waals surface area contributed by atoms with Crippen molar-refractivity contribution in [2.45, 2.75) is 44.6 Å². The molecule has 1 N–H and O–H groups in total. The molecule has 4 heterocycles. The molecule has 2 aliphatic rings. The van der Waals surface area contributed by atoms with Crippen LogP contribution in [-0.2, 0) is 0 Å². The van der Waals surface area contributed by atoms with E-state index in [-0.39, 0.29) is 0 Å².